The second kappa shape index (κ2) is 5.80. The van der Waals surface area contributed by atoms with E-state index in [0.29, 0.717) is 5.56 Å². The molecule has 4 heteroatoms. The maximum atomic E-state index is 13.8. The van der Waals surface area contributed by atoms with E-state index in [2.05, 4.69) is 5.32 Å². The van der Waals surface area contributed by atoms with E-state index < -0.39 is 5.82 Å². The van der Waals surface area contributed by atoms with E-state index in [1.165, 1.54) is 19.2 Å². The van der Waals surface area contributed by atoms with Crippen molar-refractivity contribution in [2.24, 2.45) is 0 Å². The van der Waals surface area contributed by atoms with Crippen molar-refractivity contribution in [1.82, 2.24) is 5.32 Å². The van der Waals surface area contributed by atoms with Gasteiger partial charge in [0.25, 0.3) is 0 Å². The number of benzene rings is 2. The van der Waals surface area contributed by atoms with Crippen LogP contribution in [0.25, 0.3) is 0 Å². The standard InChI is InChI=1S/C15H15F2NO/c1-18-15(11-5-3-4-6-12(11)16)10-7-8-13(17)14(9-10)19-2/h3-9,15,18H,1-2H3. The number of hydrogen-bond acceptors (Lipinski definition) is 2. The van der Waals surface area contributed by atoms with Gasteiger partial charge < -0.3 is 10.1 Å². The van der Waals surface area contributed by atoms with Gasteiger partial charge in [0.2, 0.25) is 0 Å². The van der Waals surface area contributed by atoms with Crippen LogP contribution in [0.3, 0.4) is 0 Å². The molecule has 0 amide bonds. The van der Waals surface area contributed by atoms with Crippen molar-refractivity contribution < 1.29 is 13.5 Å². The lowest BCUT2D eigenvalue weighted by molar-refractivity contribution is 0.385. The van der Waals surface area contributed by atoms with Crippen LogP contribution in [0.2, 0.25) is 0 Å². The summed E-state index contributed by atoms with van der Waals surface area (Å²) in [6, 6.07) is 10.7. The number of rotatable bonds is 4. The Morgan fingerprint density at radius 2 is 1.79 bits per heavy atom. The summed E-state index contributed by atoms with van der Waals surface area (Å²) in [7, 11) is 3.13. The Morgan fingerprint density at radius 1 is 1.05 bits per heavy atom. The van der Waals surface area contributed by atoms with Crippen LogP contribution in [0, 0.1) is 11.6 Å². The molecule has 1 unspecified atom stereocenters. The molecule has 2 aromatic carbocycles. The Morgan fingerprint density at radius 3 is 2.42 bits per heavy atom. The summed E-state index contributed by atoms with van der Waals surface area (Å²) in [6.07, 6.45) is 0. The second-order valence-corrected chi connectivity index (χ2v) is 4.14. The SMILES string of the molecule is CNC(c1ccc(F)c(OC)c1)c1ccccc1F. The van der Waals surface area contributed by atoms with Gasteiger partial charge in [-0.2, -0.15) is 0 Å². The molecule has 0 spiro atoms. The fourth-order valence-corrected chi connectivity index (χ4v) is 2.07. The molecule has 0 saturated heterocycles. The predicted molar refractivity (Wildman–Crippen MR) is 70.3 cm³/mol. The number of hydrogen-bond donors (Lipinski definition) is 1. The lowest BCUT2D eigenvalue weighted by Gasteiger charge is -2.18. The zero-order valence-electron chi connectivity index (χ0n) is 10.8. The quantitative estimate of drug-likeness (QED) is 0.914. The smallest absolute Gasteiger partial charge is 0.165 e. The lowest BCUT2D eigenvalue weighted by atomic mass is 9.98. The van der Waals surface area contributed by atoms with E-state index in [4.69, 9.17) is 4.74 Å². The van der Waals surface area contributed by atoms with Gasteiger partial charge in [-0.15, -0.1) is 0 Å². The first-order valence-electron chi connectivity index (χ1n) is 5.92. The molecule has 2 aromatic rings. The van der Waals surface area contributed by atoms with Crippen LogP contribution in [0.1, 0.15) is 17.2 Å². The van der Waals surface area contributed by atoms with Crippen LogP contribution >= 0.6 is 0 Å². The Balaban J connectivity index is 2.45. The summed E-state index contributed by atoms with van der Waals surface area (Å²) in [5.41, 5.74) is 1.25. The maximum Gasteiger partial charge on any atom is 0.165 e. The second-order valence-electron chi connectivity index (χ2n) is 4.14. The van der Waals surface area contributed by atoms with Gasteiger partial charge >= 0.3 is 0 Å². The van der Waals surface area contributed by atoms with Crippen molar-refractivity contribution in [2.75, 3.05) is 14.2 Å². The Bertz CT molecular complexity index is 572. The van der Waals surface area contributed by atoms with E-state index in [9.17, 15) is 8.78 Å². The minimum Gasteiger partial charge on any atom is -0.494 e. The van der Waals surface area contributed by atoms with E-state index in [0.717, 1.165) is 5.56 Å². The average Bonchev–Trinajstić information content (AvgIpc) is 2.43. The molecule has 0 saturated carbocycles. The number of nitrogens with one attached hydrogen (secondary N) is 1. The van der Waals surface area contributed by atoms with E-state index in [1.54, 1.807) is 37.4 Å². The fraction of sp³-hybridized carbons (Fsp3) is 0.200. The number of ether oxygens (including phenoxy) is 1. The third-order valence-corrected chi connectivity index (χ3v) is 3.01. The molecule has 2 rings (SSSR count). The molecule has 1 atom stereocenters. The van der Waals surface area contributed by atoms with Crippen molar-refractivity contribution >= 4 is 0 Å². The predicted octanol–water partition coefficient (Wildman–Crippen LogP) is 3.28. The van der Waals surface area contributed by atoms with E-state index >= 15 is 0 Å². The molecule has 0 heterocycles. The molecule has 100 valence electrons. The summed E-state index contributed by atoms with van der Waals surface area (Å²) in [5.74, 6) is -0.589. The van der Waals surface area contributed by atoms with Crippen LogP contribution in [-0.4, -0.2) is 14.2 Å². The summed E-state index contributed by atoms with van der Waals surface area (Å²) in [4.78, 5) is 0. The van der Waals surface area contributed by atoms with Gasteiger partial charge in [-0.1, -0.05) is 24.3 Å². The normalized spacial score (nSPS) is 12.2. The zero-order chi connectivity index (χ0) is 13.8. The van der Waals surface area contributed by atoms with Crippen molar-refractivity contribution in [3.63, 3.8) is 0 Å². The first-order chi connectivity index (χ1) is 9.17. The van der Waals surface area contributed by atoms with Crippen molar-refractivity contribution in [1.29, 1.82) is 0 Å². The molecule has 0 radical (unpaired) electrons. The minimum atomic E-state index is -0.436. The molecule has 0 aliphatic rings. The number of halogens is 2. The summed E-state index contributed by atoms with van der Waals surface area (Å²) >= 11 is 0. The molecule has 0 aromatic heterocycles. The molecule has 0 bridgehead atoms. The van der Waals surface area contributed by atoms with Crippen LogP contribution in [0.5, 0.6) is 5.75 Å². The average molecular weight is 263 g/mol. The molecule has 1 N–H and O–H groups in total. The summed E-state index contributed by atoms with van der Waals surface area (Å²) in [5, 5.41) is 3.03. The van der Waals surface area contributed by atoms with Crippen molar-refractivity contribution in [3.05, 3.63) is 65.2 Å². The van der Waals surface area contributed by atoms with Crippen LogP contribution in [0.4, 0.5) is 8.78 Å². The fourth-order valence-electron chi connectivity index (χ4n) is 2.07. The van der Waals surface area contributed by atoms with E-state index in [1.807, 2.05) is 0 Å². The highest BCUT2D eigenvalue weighted by Crippen LogP contribution is 2.28. The molecule has 0 aliphatic carbocycles. The van der Waals surface area contributed by atoms with E-state index in [-0.39, 0.29) is 17.6 Å². The van der Waals surface area contributed by atoms with Gasteiger partial charge in [0.15, 0.2) is 11.6 Å². The topological polar surface area (TPSA) is 21.3 Å². The van der Waals surface area contributed by atoms with Gasteiger partial charge in [-0.25, -0.2) is 8.78 Å². The third kappa shape index (κ3) is 2.74. The highest BCUT2D eigenvalue weighted by Gasteiger charge is 2.17. The van der Waals surface area contributed by atoms with Crippen LogP contribution in [0.15, 0.2) is 42.5 Å². The number of methoxy groups -OCH3 is 1. The van der Waals surface area contributed by atoms with Crippen molar-refractivity contribution in [3.8, 4) is 5.75 Å². The Labute approximate surface area is 111 Å². The summed E-state index contributed by atoms with van der Waals surface area (Å²) < 4.78 is 32.2. The lowest BCUT2D eigenvalue weighted by Crippen LogP contribution is -2.19. The monoisotopic (exact) mass is 263 g/mol. The van der Waals surface area contributed by atoms with Gasteiger partial charge in [0.05, 0.1) is 13.2 Å². The molecule has 19 heavy (non-hydrogen) atoms. The van der Waals surface area contributed by atoms with Crippen molar-refractivity contribution in [2.45, 2.75) is 6.04 Å². The molecular formula is C15H15F2NO. The Hall–Kier alpha value is -1.94. The highest BCUT2D eigenvalue weighted by atomic mass is 19.1. The zero-order valence-corrected chi connectivity index (χ0v) is 10.8. The molecule has 0 aliphatic heterocycles. The van der Waals surface area contributed by atoms with Gasteiger partial charge in [0, 0.05) is 5.56 Å². The van der Waals surface area contributed by atoms with Gasteiger partial charge in [0.1, 0.15) is 5.82 Å². The minimum absolute atomic E-state index is 0.147. The maximum absolute atomic E-state index is 13.8. The van der Waals surface area contributed by atoms with Gasteiger partial charge in [-0.05, 0) is 30.8 Å². The third-order valence-electron chi connectivity index (χ3n) is 3.01. The largest absolute Gasteiger partial charge is 0.494 e. The summed E-state index contributed by atoms with van der Waals surface area (Å²) in [6.45, 7) is 0. The first kappa shape index (κ1) is 13.5. The first-order valence-corrected chi connectivity index (χ1v) is 5.92. The van der Waals surface area contributed by atoms with Gasteiger partial charge in [-0.3, -0.25) is 0 Å². The van der Waals surface area contributed by atoms with Crippen LogP contribution in [-0.2, 0) is 0 Å². The molecule has 2 nitrogen and oxygen atoms in total. The Kier molecular flexibility index (Phi) is 4.12. The highest BCUT2D eigenvalue weighted by molar-refractivity contribution is 5.38. The molecule has 0 fully saturated rings. The molecular weight excluding hydrogens is 248 g/mol. The van der Waals surface area contributed by atoms with Crippen LogP contribution < -0.4 is 10.1 Å².